The van der Waals surface area contributed by atoms with Crippen molar-refractivity contribution in [2.75, 3.05) is 7.11 Å². The van der Waals surface area contributed by atoms with Crippen LogP contribution in [0, 0.1) is 0 Å². The summed E-state index contributed by atoms with van der Waals surface area (Å²) in [6.45, 7) is 2.10. The molecule has 2 aromatic carbocycles. The van der Waals surface area contributed by atoms with Gasteiger partial charge in [0.2, 0.25) is 0 Å². The number of hydrogen-bond acceptors (Lipinski definition) is 4. The summed E-state index contributed by atoms with van der Waals surface area (Å²) in [6, 6.07) is 13.8. The minimum atomic E-state index is -0.571. The van der Waals surface area contributed by atoms with Crippen molar-refractivity contribution in [3.05, 3.63) is 58.6 Å². The Morgan fingerprint density at radius 2 is 1.91 bits per heavy atom. The van der Waals surface area contributed by atoms with E-state index in [0.717, 1.165) is 28.9 Å². The molecule has 5 heteroatoms. The average molecular weight is 296 g/mol. The van der Waals surface area contributed by atoms with E-state index < -0.39 is 5.76 Å². The second-order valence-corrected chi connectivity index (χ2v) is 4.88. The lowest BCUT2D eigenvalue weighted by Gasteiger charge is -2.13. The highest BCUT2D eigenvalue weighted by Crippen LogP contribution is 2.36. The lowest BCUT2D eigenvalue weighted by atomic mass is 9.97. The van der Waals surface area contributed by atoms with Crippen LogP contribution in [-0.4, -0.2) is 17.3 Å². The molecule has 3 aromatic rings. The van der Waals surface area contributed by atoms with Gasteiger partial charge in [-0.2, -0.15) is 0 Å². The fourth-order valence-electron chi connectivity index (χ4n) is 2.45. The topological polar surface area (TPSA) is 68.1 Å². The summed E-state index contributed by atoms with van der Waals surface area (Å²) < 4.78 is 10.1. The van der Waals surface area contributed by atoms with Crippen molar-refractivity contribution in [1.82, 2.24) is 10.1 Å². The molecule has 0 spiro atoms. The highest BCUT2D eigenvalue weighted by Gasteiger charge is 2.14. The molecule has 5 nitrogen and oxygen atoms in total. The number of methoxy groups -OCH3 is 1. The fourth-order valence-corrected chi connectivity index (χ4v) is 2.45. The van der Waals surface area contributed by atoms with Crippen LogP contribution in [-0.2, 0) is 6.42 Å². The number of rotatable bonds is 4. The molecule has 0 unspecified atom stereocenters. The first-order valence-electron chi connectivity index (χ1n) is 7.05. The number of aromatic nitrogens is 2. The molecule has 0 fully saturated rings. The maximum atomic E-state index is 11.2. The number of benzene rings is 2. The van der Waals surface area contributed by atoms with Crippen molar-refractivity contribution in [2.45, 2.75) is 13.3 Å². The molecule has 0 aliphatic heterocycles. The van der Waals surface area contributed by atoms with E-state index in [1.807, 2.05) is 36.4 Å². The highest BCUT2D eigenvalue weighted by molar-refractivity contribution is 5.83. The Hall–Kier alpha value is -2.82. The first kappa shape index (κ1) is 14.1. The lowest BCUT2D eigenvalue weighted by Crippen LogP contribution is -1.96. The quantitative estimate of drug-likeness (QED) is 0.802. The SMILES string of the molecule is CCc1ccc(-c2ccccc2-c2noc(=O)[nH]2)c(OC)c1. The lowest BCUT2D eigenvalue weighted by molar-refractivity contribution is 0.388. The number of ether oxygens (including phenoxy) is 1. The Morgan fingerprint density at radius 3 is 2.55 bits per heavy atom. The molecule has 22 heavy (non-hydrogen) atoms. The summed E-state index contributed by atoms with van der Waals surface area (Å²) in [5.41, 5.74) is 3.86. The van der Waals surface area contributed by atoms with E-state index in [1.54, 1.807) is 7.11 Å². The van der Waals surface area contributed by atoms with Crippen LogP contribution < -0.4 is 10.5 Å². The van der Waals surface area contributed by atoms with Gasteiger partial charge >= 0.3 is 5.76 Å². The fraction of sp³-hybridized carbons (Fsp3) is 0.176. The third-order valence-corrected chi connectivity index (χ3v) is 3.59. The summed E-state index contributed by atoms with van der Waals surface area (Å²) in [5.74, 6) is 0.623. The van der Waals surface area contributed by atoms with Gasteiger partial charge in [-0.25, -0.2) is 4.79 Å². The van der Waals surface area contributed by atoms with Crippen molar-refractivity contribution in [3.63, 3.8) is 0 Å². The Morgan fingerprint density at radius 1 is 1.14 bits per heavy atom. The zero-order chi connectivity index (χ0) is 15.5. The van der Waals surface area contributed by atoms with Crippen LogP contribution in [0.5, 0.6) is 5.75 Å². The molecule has 0 saturated heterocycles. The van der Waals surface area contributed by atoms with Crippen molar-refractivity contribution in [1.29, 1.82) is 0 Å². The summed E-state index contributed by atoms with van der Waals surface area (Å²) in [6.07, 6.45) is 0.939. The summed E-state index contributed by atoms with van der Waals surface area (Å²) in [5, 5.41) is 3.78. The largest absolute Gasteiger partial charge is 0.496 e. The Labute approximate surface area is 127 Å². The monoisotopic (exact) mass is 296 g/mol. The normalized spacial score (nSPS) is 10.6. The Balaban J connectivity index is 2.19. The smallest absolute Gasteiger partial charge is 0.439 e. The van der Waals surface area contributed by atoms with Gasteiger partial charge in [0.05, 0.1) is 7.11 Å². The predicted molar refractivity (Wildman–Crippen MR) is 83.9 cm³/mol. The molecule has 1 N–H and O–H groups in total. The van der Waals surface area contributed by atoms with Gasteiger partial charge in [0.25, 0.3) is 0 Å². The zero-order valence-corrected chi connectivity index (χ0v) is 12.4. The van der Waals surface area contributed by atoms with Crippen LogP contribution in [0.15, 0.2) is 51.8 Å². The minimum Gasteiger partial charge on any atom is -0.496 e. The molecule has 0 bridgehead atoms. The van der Waals surface area contributed by atoms with E-state index in [1.165, 1.54) is 5.56 Å². The maximum absolute atomic E-state index is 11.2. The zero-order valence-electron chi connectivity index (χ0n) is 12.4. The second-order valence-electron chi connectivity index (χ2n) is 4.88. The standard InChI is InChI=1S/C17H16N2O3/c1-3-11-8-9-13(15(10-11)21-2)12-6-4-5-7-14(12)16-18-17(20)22-19-16/h4-10H,3H2,1-2H3,(H,18,19,20). The second kappa shape index (κ2) is 5.89. The van der Waals surface area contributed by atoms with Crippen molar-refractivity contribution >= 4 is 0 Å². The van der Waals surface area contributed by atoms with Gasteiger partial charge in [0.15, 0.2) is 5.82 Å². The van der Waals surface area contributed by atoms with Crippen molar-refractivity contribution in [2.24, 2.45) is 0 Å². The maximum Gasteiger partial charge on any atom is 0.439 e. The molecule has 0 saturated carbocycles. The number of nitrogens with zero attached hydrogens (tertiary/aromatic N) is 1. The van der Waals surface area contributed by atoms with E-state index in [0.29, 0.717) is 5.82 Å². The third-order valence-electron chi connectivity index (χ3n) is 3.59. The molecule has 0 aliphatic carbocycles. The van der Waals surface area contributed by atoms with E-state index in [9.17, 15) is 4.79 Å². The Bertz CT molecular complexity index is 849. The van der Waals surface area contributed by atoms with Crippen molar-refractivity contribution in [3.8, 4) is 28.3 Å². The molecular formula is C17H16N2O3. The summed E-state index contributed by atoms with van der Waals surface area (Å²) in [7, 11) is 1.65. The van der Waals surface area contributed by atoms with Crippen LogP contribution in [0.2, 0.25) is 0 Å². The van der Waals surface area contributed by atoms with Crippen LogP contribution in [0.25, 0.3) is 22.5 Å². The van der Waals surface area contributed by atoms with E-state index in [-0.39, 0.29) is 0 Å². The molecule has 0 aliphatic rings. The number of hydrogen-bond donors (Lipinski definition) is 1. The molecule has 1 aromatic heterocycles. The summed E-state index contributed by atoms with van der Waals surface area (Å²) >= 11 is 0. The van der Waals surface area contributed by atoms with Gasteiger partial charge in [-0.05, 0) is 23.6 Å². The van der Waals surface area contributed by atoms with Gasteiger partial charge in [-0.15, -0.1) is 0 Å². The number of aryl methyl sites for hydroxylation is 1. The average Bonchev–Trinajstić information content (AvgIpc) is 3.00. The van der Waals surface area contributed by atoms with Crippen molar-refractivity contribution < 1.29 is 9.26 Å². The highest BCUT2D eigenvalue weighted by atomic mass is 16.5. The van der Waals surface area contributed by atoms with Gasteiger partial charge in [-0.3, -0.25) is 9.51 Å². The predicted octanol–water partition coefficient (Wildman–Crippen LogP) is 3.27. The summed E-state index contributed by atoms with van der Waals surface area (Å²) in [4.78, 5) is 13.8. The Kier molecular flexibility index (Phi) is 3.78. The molecule has 3 rings (SSSR count). The number of H-pyrrole nitrogens is 1. The van der Waals surface area contributed by atoms with Gasteiger partial charge in [0.1, 0.15) is 5.75 Å². The van der Waals surface area contributed by atoms with E-state index >= 15 is 0 Å². The molecular weight excluding hydrogens is 280 g/mol. The van der Waals surface area contributed by atoms with Crippen LogP contribution >= 0.6 is 0 Å². The van der Waals surface area contributed by atoms with Gasteiger partial charge in [-0.1, -0.05) is 48.5 Å². The van der Waals surface area contributed by atoms with Gasteiger partial charge < -0.3 is 4.74 Å². The molecule has 112 valence electrons. The first-order chi connectivity index (χ1) is 10.7. The molecule has 1 heterocycles. The molecule has 0 amide bonds. The molecule has 0 atom stereocenters. The molecule has 0 radical (unpaired) electrons. The van der Waals surface area contributed by atoms with Crippen LogP contribution in [0.1, 0.15) is 12.5 Å². The number of aromatic amines is 1. The van der Waals surface area contributed by atoms with Gasteiger partial charge in [0, 0.05) is 11.1 Å². The van der Waals surface area contributed by atoms with Crippen LogP contribution in [0.4, 0.5) is 0 Å². The minimum absolute atomic E-state index is 0.405. The third kappa shape index (κ3) is 2.53. The van der Waals surface area contributed by atoms with E-state index in [2.05, 4.69) is 27.7 Å². The van der Waals surface area contributed by atoms with Crippen LogP contribution in [0.3, 0.4) is 0 Å². The number of nitrogens with one attached hydrogen (secondary N) is 1. The first-order valence-corrected chi connectivity index (χ1v) is 7.05. The van der Waals surface area contributed by atoms with E-state index in [4.69, 9.17) is 4.74 Å².